The lowest BCUT2D eigenvalue weighted by molar-refractivity contribution is 0.281. The fraction of sp³-hybridized carbons (Fsp3) is 1.00. The third-order valence-electron chi connectivity index (χ3n) is 1.74. The molecule has 1 aliphatic rings. The maximum absolute atomic E-state index is 12.6. The van der Waals surface area contributed by atoms with Gasteiger partial charge >= 0.3 is 0 Å². The van der Waals surface area contributed by atoms with Crippen molar-refractivity contribution in [2.75, 3.05) is 13.1 Å². The molecule has 0 bridgehead atoms. The van der Waals surface area contributed by atoms with Gasteiger partial charge in [0.1, 0.15) is 6.17 Å². The highest BCUT2D eigenvalue weighted by Gasteiger charge is 2.07. The highest BCUT2D eigenvalue weighted by atomic mass is 19.1. The second kappa shape index (κ2) is 7.99. The van der Waals surface area contributed by atoms with Crippen LogP contribution in [0, 0.1) is 0 Å². The molecule has 0 aromatic carbocycles. The summed E-state index contributed by atoms with van der Waals surface area (Å²) >= 11 is 0. The number of halogens is 1. The van der Waals surface area contributed by atoms with E-state index in [4.69, 9.17) is 0 Å². The summed E-state index contributed by atoms with van der Waals surface area (Å²) in [6.07, 6.45) is 3.64. The van der Waals surface area contributed by atoms with Crippen molar-refractivity contribution in [3.05, 3.63) is 0 Å². The second-order valence-electron chi connectivity index (χ2n) is 2.65. The van der Waals surface area contributed by atoms with Gasteiger partial charge in [-0.3, -0.25) is 0 Å². The van der Waals surface area contributed by atoms with E-state index in [0.717, 1.165) is 19.4 Å². The van der Waals surface area contributed by atoms with E-state index in [1.54, 1.807) is 0 Å². The van der Waals surface area contributed by atoms with Crippen molar-refractivity contribution in [1.29, 1.82) is 0 Å². The summed E-state index contributed by atoms with van der Waals surface area (Å²) in [7, 11) is 0. The van der Waals surface area contributed by atoms with Gasteiger partial charge in [-0.25, -0.2) is 4.39 Å². The Kier molecular flexibility index (Phi) is 7.91. The van der Waals surface area contributed by atoms with Crippen LogP contribution in [0.2, 0.25) is 0 Å². The van der Waals surface area contributed by atoms with Crippen molar-refractivity contribution in [1.82, 2.24) is 5.32 Å². The average Bonchev–Trinajstić information content (AvgIpc) is 2.01. The first kappa shape index (κ1) is 10.9. The molecule has 1 rings (SSSR count). The Morgan fingerprint density at radius 1 is 1.18 bits per heavy atom. The largest absolute Gasteiger partial charge is 0.314 e. The van der Waals surface area contributed by atoms with E-state index >= 15 is 0 Å². The summed E-state index contributed by atoms with van der Waals surface area (Å²) in [4.78, 5) is 0. The third kappa shape index (κ3) is 6.29. The van der Waals surface area contributed by atoms with Crippen LogP contribution in [0.15, 0.2) is 0 Å². The molecule has 0 spiro atoms. The Morgan fingerprint density at radius 3 is 2.64 bits per heavy atom. The fourth-order valence-corrected chi connectivity index (χ4v) is 1.15. The molecule has 11 heavy (non-hydrogen) atoms. The van der Waals surface area contributed by atoms with Gasteiger partial charge in [0, 0.05) is 6.54 Å². The predicted octanol–water partition coefficient (Wildman–Crippen LogP) is 2.51. The summed E-state index contributed by atoms with van der Waals surface area (Å²) in [5, 5.41) is 3.06. The summed E-state index contributed by atoms with van der Waals surface area (Å²) in [6, 6.07) is 0. The van der Waals surface area contributed by atoms with E-state index in [-0.39, 0.29) is 0 Å². The van der Waals surface area contributed by atoms with Gasteiger partial charge < -0.3 is 5.32 Å². The zero-order chi connectivity index (χ0) is 8.53. The van der Waals surface area contributed by atoms with E-state index in [2.05, 4.69) is 5.32 Å². The minimum Gasteiger partial charge on any atom is -0.314 e. The van der Waals surface area contributed by atoms with Gasteiger partial charge in [0.2, 0.25) is 0 Å². The molecule has 1 atom stereocenters. The molecule has 1 nitrogen and oxygen atoms in total. The van der Waals surface area contributed by atoms with Crippen molar-refractivity contribution in [3.8, 4) is 0 Å². The Labute approximate surface area is 69.4 Å². The summed E-state index contributed by atoms with van der Waals surface area (Å²) in [6.45, 7) is 5.57. The smallest absolute Gasteiger partial charge is 0.112 e. The molecule has 68 valence electrons. The maximum atomic E-state index is 12.6. The topological polar surface area (TPSA) is 12.0 Å². The molecular weight excluding hydrogens is 141 g/mol. The first-order chi connectivity index (χ1) is 5.39. The predicted molar refractivity (Wildman–Crippen MR) is 47.6 cm³/mol. The van der Waals surface area contributed by atoms with Crippen LogP contribution in [0.3, 0.4) is 0 Å². The van der Waals surface area contributed by atoms with Gasteiger partial charge in [-0.2, -0.15) is 0 Å². The molecular formula is C9H20FN. The van der Waals surface area contributed by atoms with Crippen LogP contribution in [0.25, 0.3) is 0 Å². The fourth-order valence-electron chi connectivity index (χ4n) is 1.15. The van der Waals surface area contributed by atoms with E-state index < -0.39 is 6.17 Å². The van der Waals surface area contributed by atoms with Crippen molar-refractivity contribution < 1.29 is 4.39 Å². The lowest BCUT2D eigenvalue weighted by atomic mass is 10.1. The molecule has 1 aliphatic heterocycles. The quantitative estimate of drug-likeness (QED) is 0.575. The number of nitrogens with one attached hydrogen (secondary N) is 1. The highest BCUT2D eigenvalue weighted by molar-refractivity contribution is 4.63. The zero-order valence-electron chi connectivity index (χ0n) is 7.70. The number of alkyl halides is 1. The van der Waals surface area contributed by atoms with Crippen LogP contribution in [0.4, 0.5) is 4.39 Å². The van der Waals surface area contributed by atoms with E-state index in [0.29, 0.717) is 6.54 Å². The molecule has 0 radical (unpaired) electrons. The van der Waals surface area contributed by atoms with Crippen LogP contribution in [-0.2, 0) is 0 Å². The summed E-state index contributed by atoms with van der Waals surface area (Å²) < 4.78 is 12.6. The molecule has 1 heterocycles. The molecule has 1 saturated heterocycles. The van der Waals surface area contributed by atoms with Crippen LogP contribution in [0.5, 0.6) is 0 Å². The molecule has 1 unspecified atom stereocenters. The van der Waals surface area contributed by atoms with Crippen molar-refractivity contribution in [3.63, 3.8) is 0 Å². The molecule has 2 heteroatoms. The summed E-state index contributed by atoms with van der Waals surface area (Å²) in [5.74, 6) is 0. The molecule has 1 fully saturated rings. The van der Waals surface area contributed by atoms with Crippen molar-refractivity contribution >= 4 is 0 Å². The third-order valence-corrected chi connectivity index (χ3v) is 1.74. The molecule has 0 aliphatic carbocycles. The number of rotatable bonds is 0. The molecule has 0 aromatic rings. The Bertz CT molecular complexity index is 68.0. The molecule has 0 amide bonds. The van der Waals surface area contributed by atoms with E-state index in [9.17, 15) is 4.39 Å². The monoisotopic (exact) mass is 161 g/mol. The Balaban J connectivity index is 0.000000461. The normalized spacial score (nSPS) is 25.9. The highest BCUT2D eigenvalue weighted by Crippen LogP contribution is 2.07. The average molecular weight is 161 g/mol. The van der Waals surface area contributed by atoms with Crippen LogP contribution in [0.1, 0.15) is 39.5 Å². The second-order valence-corrected chi connectivity index (χ2v) is 2.65. The SMILES string of the molecule is CC.FC1CCCCCNC1. The maximum Gasteiger partial charge on any atom is 0.112 e. The van der Waals surface area contributed by atoms with Crippen LogP contribution >= 0.6 is 0 Å². The van der Waals surface area contributed by atoms with Crippen LogP contribution in [-0.4, -0.2) is 19.3 Å². The van der Waals surface area contributed by atoms with E-state index in [1.807, 2.05) is 13.8 Å². The van der Waals surface area contributed by atoms with Gasteiger partial charge in [-0.05, 0) is 19.4 Å². The molecule has 0 saturated carbocycles. The van der Waals surface area contributed by atoms with Gasteiger partial charge in [0.25, 0.3) is 0 Å². The minimum absolute atomic E-state index is 0.569. The van der Waals surface area contributed by atoms with Gasteiger partial charge in [0.05, 0.1) is 0 Å². The Hall–Kier alpha value is -0.110. The van der Waals surface area contributed by atoms with Gasteiger partial charge in [-0.1, -0.05) is 26.7 Å². The van der Waals surface area contributed by atoms with Crippen molar-refractivity contribution in [2.24, 2.45) is 0 Å². The summed E-state index contributed by atoms with van der Waals surface area (Å²) in [5.41, 5.74) is 0. The Morgan fingerprint density at radius 2 is 1.91 bits per heavy atom. The number of hydrogen-bond donors (Lipinski definition) is 1. The minimum atomic E-state index is -0.592. The number of hydrogen-bond acceptors (Lipinski definition) is 1. The van der Waals surface area contributed by atoms with Gasteiger partial charge in [0.15, 0.2) is 0 Å². The van der Waals surface area contributed by atoms with Crippen molar-refractivity contribution in [2.45, 2.75) is 45.7 Å². The van der Waals surface area contributed by atoms with Gasteiger partial charge in [-0.15, -0.1) is 0 Å². The first-order valence-electron chi connectivity index (χ1n) is 4.74. The lowest BCUT2D eigenvalue weighted by Gasteiger charge is -2.12. The zero-order valence-corrected chi connectivity index (χ0v) is 7.70. The molecule has 0 aromatic heterocycles. The standard InChI is InChI=1S/C7H14FN.C2H6/c8-7-4-2-1-3-5-9-6-7;1-2/h7,9H,1-6H2;1-2H3. The molecule has 1 N–H and O–H groups in total. The lowest BCUT2D eigenvalue weighted by Crippen LogP contribution is -2.26. The van der Waals surface area contributed by atoms with Crippen LogP contribution < -0.4 is 5.32 Å². The first-order valence-corrected chi connectivity index (χ1v) is 4.74. The van der Waals surface area contributed by atoms with E-state index in [1.165, 1.54) is 12.8 Å².